The molecule has 0 amide bonds. The molecule has 0 aliphatic rings. The molecule has 0 aliphatic carbocycles. The van der Waals surface area contributed by atoms with Gasteiger partial charge in [-0.25, -0.2) is 0 Å². The molecule has 0 rings (SSSR count). The van der Waals surface area contributed by atoms with E-state index in [-0.39, 0.29) is 0 Å². The molecule has 0 aromatic rings. The van der Waals surface area contributed by atoms with E-state index in [9.17, 15) is 0 Å². The second kappa shape index (κ2) is 51.1. The Labute approximate surface area is 133 Å². The zero-order valence-corrected chi connectivity index (χ0v) is 16.8. The Hall–Kier alpha value is -0.260. The molecule has 0 atom stereocenters. The predicted molar refractivity (Wildman–Crippen MR) is 103 cm³/mol. The molecule has 20 heavy (non-hydrogen) atoms. The molecule has 0 unspecified atom stereocenters. The Morgan fingerprint density at radius 1 is 0.750 bits per heavy atom. The highest BCUT2D eigenvalue weighted by Gasteiger charge is 1.93. The van der Waals surface area contributed by atoms with Crippen LogP contribution in [0.4, 0.5) is 0 Å². The molecule has 0 fully saturated rings. The van der Waals surface area contributed by atoms with Gasteiger partial charge in [-0.1, -0.05) is 113 Å². The van der Waals surface area contributed by atoms with Crippen molar-refractivity contribution >= 4 is 0 Å². The first-order chi connectivity index (χ1) is 9.68. The molecule has 0 saturated carbocycles. The van der Waals surface area contributed by atoms with Gasteiger partial charge >= 0.3 is 0 Å². The van der Waals surface area contributed by atoms with Gasteiger partial charge in [-0.05, 0) is 12.8 Å². The molecule has 0 heteroatoms. The first-order valence-electron chi connectivity index (χ1n) is 9.26. The van der Waals surface area contributed by atoms with E-state index in [1.807, 2.05) is 48.5 Å². The molecule has 0 saturated heterocycles. The number of hydrogen-bond donors (Lipinski definition) is 0. The minimum atomic E-state index is 0.904. The van der Waals surface area contributed by atoms with Crippen molar-refractivity contribution < 1.29 is 0 Å². The summed E-state index contributed by atoms with van der Waals surface area (Å²) in [5, 5.41) is 0. The van der Waals surface area contributed by atoms with E-state index in [0.717, 1.165) is 5.92 Å². The van der Waals surface area contributed by atoms with E-state index < -0.39 is 0 Å². The topological polar surface area (TPSA) is 0 Å². The first-order valence-corrected chi connectivity index (χ1v) is 9.26. The van der Waals surface area contributed by atoms with Crippen LogP contribution in [0, 0.1) is 5.92 Å². The molecule has 0 aliphatic heterocycles. The van der Waals surface area contributed by atoms with Crippen LogP contribution < -0.4 is 0 Å². The maximum atomic E-state index is 3.36. The lowest BCUT2D eigenvalue weighted by atomic mass is 10.0. The van der Waals surface area contributed by atoms with Gasteiger partial charge in [0.15, 0.2) is 0 Å². The SMILES string of the molecule is C=CC.CC.CC.CC.CCCCCCCCC(C)C. The summed E-state index contributed by atoms with van der Waals surface area (Å²) < 4.78 is 0. The highest BCUT2D eigenvalue weighted by molar-refractivity contribution is 4.51. The predicted octanol–water partition coefficient (Wildman–Crippen LogP) is 8.66. The third kappa shape index (κ3) is 83.0. The quantitative estimate of drug-likeness (QED) is 0.324. The van der Waals surface area contributed by atoms with Crippen molar-refractivity contribution in [1.29, 1.82) is 0 Å². The van der Waals surface area contributed by atoms with Crippen LogP contribution in [0.1, 0.15) is 114 Å². The van der Waals surface area contributed by atoms with Crippen LogP contribution >= 0.6 is 0 Å². The van der Waals surface area contributed by atoms with E-state index in [1.54, 1.807) is 6.08 Å². The van der Waals surface area contributed by atoms with Crippen LogP contribution in [-0.2, 0) is 0 Å². The average molecular weight is 289 g/mol. The third-order valence-electron chi connectivity index (χ3n) is 2.14. The fourth-order valence-electron chi connectivity index (χ4n) is 1.33. The molecule has 0 heterocycles. The molecular formula is C20H48. The minimum Gasteiger partial charge on any atom is -0.103 e. The molecule has 0 N–H and O–H groups in total. The van der Waals surface area contributed by atoms with Gasteiger partial charge in [0, 0.05) is 0 Å². The van der Waals surface area contributed by atoms with Crippen LogP contribution in [-0.4, -0.2) is 0 Å². The summed E-state index contributed by atoms with van der Waals surface area (Å²) >= 11 is 0. The van der Waals surface area contributed by atoms with Crippen molar-refractivity contribution in [2.24, 2.45) is 5.92 Å². The highest BCUT2D eigenvalue weighted by atomic mass is 14.0. The van der Waals surface area contributed by atoms with Crippen LogP contribution in [0.15, 0.2) is 12.7 Å². The monoisotopic (exact) mass is 288 g/mol. The number of rotatable bonds is 7. The molecule has 0 spiro atoms. The van der Waals surface area contributed by atoms with Crippen molar-refractivity contribution in [1.82, 2.24) is 0 Å². The number of hydrogen-bond acceptors (Lipinski definition) is 0. The second-order valence-corrected chi connectivity index (χ2v) is 4.36. The van der Waals surface area contributed by atoms with Gasteiger partial charge in [-0.3, -0.25) is 0 Å². The van der Waals surface area contributed by atoms with Crippen molar-refractivity contribution in [2.75, 3.05) is 0 Å². The first kappa shape index (κ1) is 31.9. The van der Waals surface area contributed by atoms with Crippen LogP contribution in [0.3, 0.4) is 0 Å². The molecule has 0 aromatic carbocycles. The van der Waals surface area contributed by atoms with E-state index >= 15 is 0 Å². The normalized spacial score (nSPS) is 7.55. The van der Waals surface area contributed by atoms with Gasteiger partial charge in [0.25, 0.3) is 0 Å². The zero-order chi connectivity index (χ0) is 17.2. The van der Waals surface area contributed by atoms with Crippen molar-refractivity contribution in [3.05, 3.63) is 12.7 Å². The molecular weight excluding hydrogens is 240 g/mol. The Morgan fingerprint density at radius 2 is 1.05 bits per heavy atom. The Balaban J connectivity index is -0.0000000698. The summed E-state index contributed by atoms with van der Waals surface area (Å²) in [7, 11) is 0. The number of allylic oxidation sites excluding steroid dienone is 1. The molecule has 0 radical (unpaired) electrons. The van der Waals surface area contributed by atoms with Crippen molar-refractivity contribution in [3.8, 4) is 0 Å². The van der Waals surface area contributed by atoms with Gasteiger partial charge < -0.3 is 0 Å². The van der Waals surface area contributed by atoms with Crippen LogP contribution in [0.25, 0.3) is 0 Å². The Morgan fingerprint density at radius 3 is 1.35 bits per heavy atom. The molecule has 0 nitrogen and oxygen atoms in total. The summed E-state index contributed by atoms with van der Waals surface area (Å²) in [4.78, 5) is 0. The zero-order valence-electron chi connectivity index (χ0n) is 16.8. The molecule has 0 bridgehead atoms. The maximum absolute atomic E-state index is 3.36. The molecule has 128 valence electrons. The van der Waals surface area contributed by atoms with Crippen molar-refractivity contribution in [3.63, 3.8) is 0 Å². The lowest BCUT2D eigenvalue weighted by molar-refractivity contribution is 0.514. The minimum absolute atomic E-state index is 0.904. The van der Waals surface area contributed by atoms with E-state index in [1.165, 1.54) is 44.9 Å². The van der Waals surface area contributed by atoms with Gasteiger partial charge in [0.1, 0.15) is 0 Å². The smallest absolute Gasteiger partial charge is 0.0471 e. The highest BCUT2D eigenvalue weighted by Crippen LogP contribution is 2.10. The van der Waals surface area contributed by atoms with Gasteiger partial charge in [0.2, 0.25) is 0 Å². The van der Waals surface area contributed by atoms with E-state index in [0.29, 0.717) is 0 Å². The second-order valence-electron chi connectivity index (χ2n) is 4.36. The lowest BCUT2D eigenvalue weighted by Gasteiger charge is -2.03. The maximum Gasteiger partial charge on any atom is -0.0471 e. The standard InChI is InChI=1S/C11H24.C3H6.3C2H6/c1-4-5-6-7-8-9-10-11(2)3;1-3-2;3*1-2/h11H,4-10H2,1-3H3;3H,1H2,2H3;3*1-2H3. The summed E-state index contributed by atoms with van der Waals surface area (Å²) in [5.41, 5.74) is 0. The van der Waals surface area contributed by atoms with E-state index in [4.69, 9.17) is 0 Å². The van der Waals surface area contributed by atoms with Crippen LogP contribution in [0.5, 0.6) is 0 Å². The summed E-state index contributed by atoms with van der Waals surface area (Å²) in [6, 6.07) is 0. The van der Waals surface area contributed by atoms with Gasteiger partial charge in [-0.15, -0.1) is 6.58 Å². The third-order valence-corrected chi connectivity index (χ3v) is 2.14. The average Bonchev–Trinajstić information content (AvgIpc) is 2.50. The van der Waals surface area contributed by atoms with Gasteiger partial charge in [-0.2, -0.15) is 0 Å². The summed E-state index contributed by atoms with van der Waals surface area (Å²) in [6.07, 6.45) is 11.8. The lowest BCUT2D eigenvalue weighted by Crippen LogP contribution is -1.86. The largest absolute Gasteiger partial charge is 0.103 e. The fraction of sp³-hybridized carbons (Fsp3) is 0.900. The molecule has 0 aromatic heterocycles. The Kier molecular flexibility index (Phi) is 81.6. The van der Waals surface area contributed by atoms with Crippen molar-refractivity contribution in [2.45, 2.75) is 114 Å². The van der Waals surface area contributed by atoms with E-state index in [2.05, 4.69) is 27.4 Å². The summed E-state index contributed by atoms with van der Waals surface area (Å²) in [5.74, 6) is 0.904. The van der Waals surface area contributed by atoms with Gasteiger partial charge in [0.05, 0.1) is 0 Å². The fourth-order valence-corrected chi connectivity index (χ4v) is 1.33. The summed E-state index contributed by atoms with van der Waals surface area (Å²) in [6.45, 7) is 24.1. The van der Waals surface area contributed by atoms with Crippen LogP contribution in [0.2, 0.25) is 0 Å². The number of unbranched alkanes of at least 4 members (excludes halogenated alkanes) is 5. The Bertz CT molecular complexity index is 92.2.